The van der Waals surface area contributed by atoms with Crippen LogP contribution in [0.15, 0.2) is 42.5 Å². The van der Waals surface area contributed by atoms with Gasteiger partial charge in [0.05, 0.1) is 0 Å². The Morgan fingerprint density at radius 1 is 1.18 bits per heavy atom. The number of halogens is 2. The topological polar surface area (TPSA) is 46.2 Å². The smallest absolute Gasteiger partial charge is 0.251 e. The number of benzene rings is 2. The van der Waals surface area contributed by atoms with Crippen molar-refractivity contribution < 1.29 is 9.00 Å². The van der Waals surface area contributed by atoms with E-state index in [4.69, 9.17) is 23.2 Å². The van der Waals surface area contributed by atoms with E-state index in [1.165, 1.54) is 0 Å². The van der Waals surface area contributed by atoms with Crippen molar-refractivity contribution in [1.29, 1.82) is 0 Å². The van der Waals surface area contributed by atoms with E-state index in [0.717, 1.165) is 11.1 Å². The normalized spacial score (nSPS) is 12.0. The third-order valence-corrected chi connectivity index (χ3v) is 4.34. The van der Waals surface area contributed by atoms with Crippen LogP contribution in [0.2, 0.25) is 10.0 Å². The van der Waals surface area contributed by atoms with Gasteiger partial charge in [0.15, 0.2) is 0 Å². The minimum absolute atomic E-state index is 0.199. The van der Waals surface area contributed by atoms with Crippen LogP contribution < -0.4 is 5.32 Å². The van der Waals surface area contributed by atoms with Crippen molar-refractivity contribution >= 4 is 39.9 Å². The van der Waals surface area contributed by atoms with Crippen LogP contribution >= 0.6 is 23.2 Å². The first kappa shape index (κ1) is 17.0. The Kier molecular flexibility index (Phi) is 6.00. The molecule has 0 heterocycles. The maximum Gasteiger partial charge on any atom is 0.251 e. The predicted molar refractivity (Wildman–Crippen MR) is 91.8 cm³/mol. The van der Waals surface area contributed by atoms with Gasteiger partial charge in [0.2, 0.25) is 0 Å². The third kappa shape index (κ3) is 4.83. The molecular weight excluding hydrogens is 341 g/mol. The van der Waals surface area contributed by atoms with Crippen molar-refractivity contribution in [3.63, 3.8) is 0 Å². The molecule has 0 spiro atoms. The largest absolute Gasteiger partial charge is 0.348 e. The first-order valence-electron chi connectivity index (χ1n) is 6.57. The third-order valence-electron chi connectivity index (χ3n) is 3.01. The SMILES string of the molecule is CS(=O)Cc1cccc(C(=O)NCc2ccc(Cl)cc2Cl)c1. The molecule has 2 aromatic rings. The molecule has 2 aromatic carbocycles. The van der Waals surface area contributed by atoms with Crippen molar-refractivity contribution in [2.24, 2.45) is 0 Å². The Labute approximate surface area is 142 Å². The highest BCUT2D eigenvalue weighted by atomic mass is 35.5. The zero-order chi connectivity index (χ0) is 16.1. The van der Waals surface area contributed by atoms with Crippen LogP contribution in [0.3, 0.4) is 0 Å². The molecule has 0 aliphatic rings. The monoisotopic (exact) mass is 355 g/mol. The Balaban J connectivity index is 2.04. The number of carbonyl (C=O) groups excluding carboxylic acids is 1. The summed E-state index contributed by atoms with van der Waals surface area (Å²) in [5.74, 6) is 0.235. The van der Waals surface area contributed by atoms with E-state index in [-0.39, 0.29) is 5.91 Å². The summed E-state index contributed by atoms with van der Waals surface area (Å²) in [6.45, 7) is 0.318. The van der Waals surface area contributed by atoms with E-state index in [0.29, 0.717) is 27.9 Å². The number of rotatable bonds is 5. The molecule has 0 aromatic heterocycles. The van der Waals surface area contributed by atoms with Crippen molar-refractivity contribution in [2.75, 3.05) is 6.26 Å². The number of carbonyl (C=O) groups is 1. The summed E-state index contributed by atoms with van der Waals surface area (Å²) in [5, 5.41) is 3.89. The molecule has 6 heteroatoms. The van der Waals surface area contributed by atoms with Gasteiger partial charge < -0.3 is 5.32 Å². The molecule has 0 radical (unpaired) electrons. The van der Waals surface area contributed by atoms with Gasteiger partial charge in [0.25, 0.3) is 5.91 Å². The van der Waals surface area contributed by atoms with Crippen LogP contribution in [0, 0.1) is 0 Å². The molecule has 0 saturated carbocycles. The van der Waals surface area contributed by atoms with Crippen molar-refractivity contribution in [1.82, 2.24) is 5.32 Å². The minimum atomic E-state index is -0.939. The molecular formula is C16H15Cl2NO2S. The van der Waals surface area contributed by atoms with Crippen molar-refractivity contribution in [3.8, 4) is 0 Å². The molecule has 2 rings (SSSR count). The summed E-state index contributed by atoms with van der Waals surface area (Å²) >= 11 is 11.9. The molecule has 22 heavy (non-hydrogen) atoms. The van der Waals surface area contributed by atoms with Gasteiger partial charge in [0.1, 0.15) is 0 Å². The average Bonchev–Trinajstić information content (AvgIpc) is 2.45. The highest BCUT2D eigenvalue weighted by Gasteiger charge is 2.08. The minimum Gasteiger partial charge on any atom is -0.348 e. The average molecular weight is 356 g/mol. The molecule has 116 valence electrons. The number of hydrogen-bond donors (Lipinski definition) is 1. The molecule has 0 aliphatic carbocycles. The number of nitrogens with one attached hydrogen (secondary N) is 1. The van der Waals surface area contributed by atoms with Gasteiger partial charge in [-0.15, -0.1) is 0 Å². The standard InChI is InChI=1S/C16H15Cl2NO2S/c1-22(21)10-11-3-2-4-12(7-11)16(20)19-9-13-5-6-14(17)8-15(13)18/h2-8H,9-10H2,1H3,(H,19,20). The molecule has 1 N–H and O–H groups in total. The van der Waals surface area contributed by atoms with Crippen molar-refractivity contribution in [3.05, 3.63) is 69.2 Å². The molecule has 0 fully saturated rings. The number of amides is 1. The maximum absolute atomic E-state index is 12.2. The Morgan fingerprint density at radius 2 is 1.95 bits per heavy atom. The first-order chi connectivity index (χ1) is 10.5. The van der Waals surface area contributed by atoms with Gasteiger partial charge in [-0.05, 0) is 35.4 Å². The Hall–Kier alpha value is -1.36. The molecule has 3 nitrogen and oxygen atoms in total. The highest BCUT2D eigenvalue weighted by Crippen LogP contribution is 2.20. The zero-order valence-corrected chi connectivity index (χ0v) is 14.3. The summed E-state index contributed by atoms with van der Waals surface area (Å²) in [5.41, 5.74) is 2.20. The second kappa shape index (κ2) is 7.77. The van der Waals surface area contributed by atoms with Crippen LogP contribution in [0.25, 0.3) is 0 Å². The second-order valence-electron chi connectivity index (χ2n) is 4.84. The molecule has 0 saturated heterocycles. The summed E-state index contributed by atoms with van der Waals surface area (Å²) in [4.78, 5) is 12.2. The predicted octanol–water partition coefficient (Wildman–Crippen LogP) is 3.80. The van der Waals surface area contributed by atoms with E-state index in [1.54, 1.807) is 42.7 Å². The Bertz CT molecular complexity index is 719. The molecule has 1 amide bonds. The second-order valence-corrected chi connectivity index (χ2v) is 7.12. The van der Waals surface area contributed by atoms with Gasteiger partial charge in [-0.25, -0.2) is 0 Å². The van der Waals surface area contributed by atoms with Gasteiger partial charge in [-0.3, -0.25) is 9.00 Å². The lowest BCUT2D eigenvalue weighted by atomic mass is 10.1. The number of hydrogen-bond acceptors (Lipinski definition) is 2. The lowest BCUT2D eigenvalue weighted by Crippen LogP contribution is -2.23. The quantitative estimate of drug-likeness (QED) is 0.886. The molecule has 0 aliphatic heterocycles. The van der Waals surface area contributed by atoms with Crippen LogP contribution in [-0.2, 0) is 23.1 Å². The van der Waals surface area contributed by atoms with Gasteiger partial charge >= 0.3 is 0 Å². The lowest BCUT2D eigenvalue weighted by molar-refractivity contribution is 0.0951. The highest BCUT2D eigenvalue weighted by molar-refractivity contribution is 7.83. The summed E-state index contributed by atoms with van der Waals surface area (Å²) in [6.07, 6.45) is 1.63. The van der Waals surface area contributed by atoms with E-state index in [9.17, 15) is 9.00 Å². The van der Waals surface area contributed by atoms with Gasteiger partial charge in [-0.1, -0.05) is 41.4 Å². The lowest BCUT2D eigenvalue weighted by Gasteiger charge is -2.08. The molecule has 1 unspecified atom stereocenters. The van der Waals surface area contributed by atoms with Gasteiger partial charge in [-0.2, -0.15) is 0 Å². The summed E-state index contributed by atoms with van der Waals surface area (Å²) in [6, 6.07) is 12.3. The molecule has 0 bridgehead atoms. The Morgan fingerprint density at radius 3 is 2.64 bits per heavy atom. The van der Waals surface area contributed by atoms with Crippen LogP contribution in [0.1, 0.15) is 21.5 Å². The fourth-order valence-corrected chi connectivity index (χ4v) is 3.10. The van der Waals surface area contributed by atoms with E-state index >= 15 is 0 Å². The van der Waals surface area contributed by atoms with Crippen LogP contribution in [0.5, 0.6) is 0 Å². The molecule has 1 atom stereocenters. The fourth-order valence-electron chi connectivity index (χ4n) is 1.98. The van der Waals surface area contributed by atoms with Crippen LogP contribution in [0.4, 0.5) is 0 Å². The van der Waals surface area contributed by atoms with E-state index in [2.05, 4.69) is 5.32 Å². The van der Waals surface area contributed by atoms with Crippen molar-refractivity contribution in [2.45, 2.75) is 12.3 Å². The summed E-state index contributed by atoms with van der Waals surface area (Å²) in [7, 11) is -0.939. The van der Waals surface area contributed by atoms with E-state index < -0.39 is 10.8 Å². The van der Waals surface area contributed by atoms with Gasteiger partial charge in [0, 0.05) is 45.0 Å². The fraction of sp³-hybridized carbons (Fsp3) is 0.188. The van der Waals surface area contributed by atoms with Crippen LogP contribution in [-0.4, -0.2) is 16.4 Å². The maximum atomic E-state index is 12.2. The first-order valence-corrected chi connectivity index (χ1v) is 9.05. The van der Waals surface area contributed by atoms with E-state index in [1.807, 2.05) is 6.07 Å². The zero-order valence-electron chi connectivity index (χ0n) is 11.9. The summed E-state index contributed by atoms with van der Waals surface area (Å²) < 4.78 is 11.3.